The van der Waals surface area contributed by atoms with E-state index in [4.69, 9.17) is 5.73 Å². The van der Waals surface area contributed by atoms with Crippen LogP contribution in [-0.4, -0.2) is 44.0 Å². The molecular weight excluding hydrogens is 268 g/mol. The van der Waals surface area contributed by atoms with E-state index >= 15 is 0 Å². The van der Waals surface area contributed by atoms with Crippen LogP contribution in [0.15, 0.2) is 24.3 Å². The van der Waals surface area contributed by atoms with Crippen LogP contribution in [0.1, 0.15) is 10.4 Å². The molecule has 0 unspecified atom stereocenters. The van der Waals surface area contributed by atoms with E-state index in [-0.39, 0.29) is 18.3 Å². The minimum atomic E-state index is -0.625. The van der Waals surface area contributed by atoms with Crippen molar-refractivity contribution in [1.29, 1.82) is 0 Å². The van der Waals surface area contributed by atoms with E-state index in [1.54, 1.807) is 36.2 Å². The highest BCUT2D eigenvalue weighted by atomic mass is 35.5. The van der Waals surface area contributed by atoms with E-state index in [2.05, 4.69) is 10.6 Å². The molecule has 1 aromatic carbocycles. The number of nitrogens with zero attached hydrogens (tertiary/aromatic N) is 1. The van der Waals surface area contributed by atoms with Crippen molar-refractivity contribution in [2.24, 2.45) is 5.73 Å². The second-order valence-corrected chi connectivity index (χ2v) is 3.90. The van der Waals surface area contributed by atoms with Crippen molar-refractivity contribution in [2.45, 2.75) is 0 Å². The number of nitrogens with one attached hydrogen (secondary N) is 2. The van der Waals surface area contributed by atoms with Gasteiger partial charge in [-0.3, -0.25) is 4.79 Å². The van der Waals surface area contributed by atoms with Gasteiger partial charge in [0, 0.05) is 31.4 Å². The number of benzene rings is 1. The van der Waals surface area contributed by atoms with Gasteiger partial charge in [0.25, 0.3) is 5.91 Å². The van der Waals surface area contributed by atoms with Gasteiger partial charge in [-0.15, -0.1) is 12.4 Å². The number of hydrogen-bond donors (Lipinski definition) is 3. The van der Waals surface area contributed by atoms with Gasteiger partial charge in [-0.2, -0.15) is 0 Å². The van der Waals surface area contributed by atoms with Gasteiger partial charge in [0.2, 0.25) is 0 Å². The third-order valence-corrected chi connectivity index (χ3v) is 2.44. The number of carbonyl (C=O) groups is 2. The quantitative estimate of drug-likeness (QED) is 0.751. The minimum absolute atomic E-state index is 0. The largest absolute Gasteiger partial charge is 0.351 e. The van der Waals surface area contributed by atoms with Gasteiger partial charge in [-0.1, -0.05) is 0 Å². The Morgan fingerprint density at radius 1 is 1.26 bits per heavy atom. The molecule has 0 aliphatic carbocycles. The summed E-state index contributed by atoms with van der Waals surface area (Å²) >= 11 is 0. The summed E-state index contributed by atoms with van der Waals surface area (Å²) in [6, 6.07) is 5.97. The summed E-state index contributed by atoms with van der Waals surface area (Å²) in [4.78, 5) is 24.2. The number of carbonyl (C=O) groups excluding carboxylic acids is 2. The maximum atomic E-state index is 12.0. The average molecular weight is 287 g/mol. The molecule has 0 saturated carbocycles. The zero-order valence-electron chi connectivity index (χ0n) is 11.0. The van der Waals surface area contributed by atoms with Gasteiger partial charge in [0.1, 0.15) is 0 Å². The number of amides is 3. The minimum Gasteiger partial charge on any atom is -0.351 e. The topological polar surface area (TPSA) is 87.5 Å². The summed E-state index contributed by atoms with van der Waals surface area (Å²) in [7, 11) is 3.58. The summed E-state index contributed by atoms with van der Waals surface area (Å²) in [5.74, 6) is -0.0594. The predicted molar refractivity (Wildman–Crippen MR) is 77.8 cm³/mol. The zero-order chi connectivity index (χ0) is 13.5. The normalized spacial score (nSPS) is 9.37. The Morgan fingerprint density at radius 2 is 1.84 bits per heavy atom. The van der Waals surface area contributed by atoms with Crippen LogP contribution in [0.5, 0.6) is 0 Å². The van der Waals surface area contributed by atoms with Crippen LogP contribution in [-0.2, 0) is 0 Å². The molecule has 1 rings (SSSR count). The lowest BCUT2D eigenvalue weighted by Gasteiger charge is -2.17. The van der Waals surface area contributed by atoms with Crippen LogP contribution in [0.25, 0.3) is 0 Å². The van der Waals surface area contributed by atoms with Gasteiger partial charge in [-0.05, 0) is 31.3 Å². The van der Waals surface area contributed by atoms with Gasteiger partial charge < -0.3 is 21.3 Å². The third-order valence-electron chi connectivity index (χ3n) is 2.44. The first-order valence-electron chi connectivity index (χ1n) is 5.61. The van der Waals surface area contributed by atoms with Gasteiger partial charge in [0.05, 0.1) is 0 Å². The molecule has 106 valence electrons. The standard InChI is InChI=1S/C12H18N4O2.ClH/c1-14-7-8-16(2)11(17)9-3-5-10(6-4-9)15-12(13)18;/h3-6,14H,7-8H2,1-2H3,(H3,13,15,18);1H. The number of hydrogen-bond acceptors (Lipinski definition) is 3. The van der Waals surface area contributed by atoms with E-state index in [9.17, 15) is 9.59 Å². The molecule has 4 N–H and O–H groups in total. The molecule has 19 heavy (non-hydrogen) atoms. The Balaban J connectivity index is 0.00000324. The summed E-state index contributed by atoms with van der Waals surface area (Å²) in [6.45, 7) is 1.38. The fourth-order valence-corrected chi connectivity index (χ4v) is 1.44. The second-order valence-electron chi connectivity index (χ2n) is 3.90. The Bertz CT molecular complexity index is 422. The van der Waals surface area contributed by atoms with E-state index in [1.165, 1.54) is 0 Å². The maximum absolute atomic E-state index is 12.0. The summed E-state index contributed by atoms with van der Waals surface area (Å²) < 4.78 is 0. The van der Waals surface area contributed by atoms with E-state index in [0.717, 1.165) is 6.54 Å². The summed E-state index contributed by atoms with van der Waals surface area (Å²) in [5, 5.41) is 5.42. The number of primary amides is 1. The van der Waals surface area contributed by atoms with E-state index < -0.39 is 6.03 Å². The Labute approximate surface area is 118 Å². The molecule has 7 heteroatoms. The van der Waals surface area contributed by atoms with Crippen molar-refractivity contribution in [2.75, 3.05) is 32.5 Å². The highest BCUT2D eigenvalue weighted by molar-refractivity contribution is 5.95. The summed E-state index contributed by atoms with van der Waals surface area (Å²) in [5.41, 5.74) is 6.13. The molecule has 3 amide bonds. The first kappa shape index (κ1) is 17.2. The second kappa shape index (κ2) is 8.34. The third kappa shape index (κ3) is 5.58. The van der Waals surface area contributed by atoms with E-state index in [0.29, 0.717) is 17.8 Å². The first-order valence-corrected chi connectivity index (χ1v) is 5.61. The van der Waals surface area contributed by atoms with Crippen LogP contribution in [0.4, 0.5) is 10.5 Å². The lowest BCUT2D eigenvalue weighted by Crippen LogP contribution is -2.32. The van der Waals surface area contributed by atoms with Gasteiger partial charge in [-0.25, -0.2) is 4.79 Å². The number of rotatable bonds is 5. The molecule has 0 aromatic heterocycles. The summed E-state index contributed by atoms with van der Waals surface area (Å²) in [6.07, 6.45) is 0. The maximum Gasteiger partial charge on any atom is 0.316 e. The van der Waals surface area contributed by atoms with Crippen LogP contribution < -0.4 is 16.4 Å². The molecule has 0 atom stereocenters. The first-order chi connectivity index (χ1) is 8.54. The molecule has 1 aromatic rings. The number of anilines is 1. The molecular formula is C12H19ClN4O2. The number of halogens is 1. The molecule has 0 fully saturated rings. The lowest BCUT2D eigenvalue weighted by molar-refractivity contribution is 0.0797. The Morgan fingerprint density at radius 3 is 2.32 bits per heavy atom. The predicted octanol–water partition coefficient (Wildman–Crippen LogP) is 0.890. The van der Waals surface area contributed by atoms with Gasteiger partial charge >= 0.3 is 6.03 Å². The van der Waals surface area contributed by atoms with Crippen molar-refractivity contribution in [3.63, 3.8) is 0 Å². The molecule has 0 spiro atoms. The number of nitrogens with two attached hydrogens (primary N) is 1. The van der Waals surface area contributed by atoms with Crippen molar-refractivity contribution < 1.29 is 9.59 Å². The van der Waals surface area contributed by atoms with Crippen LogP contribution in [0, 0.1) is 0 Å². The monoisotopic (exact) mass is 286 g/mol. The van der Waals surface area contributed by atoms with Crippen LogP contribution in [0.3, 0.4) is 0 Å². The highest BCUT2D eigenvalue weighted by Gasteiger charge is 2.10. The SMILES string of the molecule is CNCCN(C)C(=O)c1ccc(NC(N)=O)cc1.Cl. The molecule has 0 bridgehead atoms. The highest BCUT2D eigenvalue weighted by Crippen LogP contribution is 2.10. The molecule has 0 aliphatic heterocycles. The molecule has 0 saturated heterocycles. The van der Waals surface area contributed by atoms with E-state index in [1.807, 2.05) is 7.05 Å². The Kier molecular flexibility index (Phi) is 7.55. The van der Waals surface area contributed by atoms with Crippen molar-refractivity contribution in [1.82, 2.24) is 10.2 Å². The molecule has 0 radical (unpaired) electrons. The Hall–Kier alpha value is -1.79. The van der Waals surface area contributed by atoms with Crippen molar-refractivity contribution >= 4 is 30.0 Å². The molecule has 0 aliphatic rings. The smallest absolute Gasteiger partial charge is 0.316 e. The average Bonchev–Trinajstić information content (AvgIpc) is 2.35. The van der Waals surface area contributed by atoms with Crippen LogP contribution >= 0.6 is 12.4 Å². The fraction of sp³-hybridized carbons (Fsp3) is 0.333. The van der Waals surface area contributed by atoms with Crippen molar-refractivity contribution in [3.8, 4) is 0 Å². The zero-order valence-corrected chi connectivity index (χ0v) is 11.8. The molecule has 0 heterocycles. The van der Waals surface area contributed by atoms with Crippen LogP contribution in [0.2, 0.25) is 0 Å². The fourth-order valence-electron chi connectivity index (χ4n) is 1.44. The lowest BCUT2D eigenvalue weighted by atomic mass is 10.2. The van der Waals surface area contributed by atoms with Crippen molar-refractivity contribution in [3.05, 3.63) is 29.8 Å². The number of urea groups is 1. The van der Waals surface area contributed by atoms with Gasteiger partial charge in [0.15, 0.2) is 0 Å². The molecule has 6 nitrogen and oxygen atoms in total. The number of likely N-dealkylation sites (N-methyl/N-ethyl adjacent to an activating group) is 2.